The van der Waals surface area contributed by atoms with Crippen molar-refractivity contribution in [3.8, 4) is 0 Å². The molecule has 0 bridgehead atoms. The summed E-state index contributed by atoms with van der Waals surface area (Å²) in [6, 6.07) is 0. The third kappa shape index (κ3) is 3.64. The number of nitrogens with one attached hydrogen (secondary N) is 1. The van der Waals surface area contributed by atoms with Crippen molar-refractivity contribution < 1.29 is 9.53 Å². The molecule has 0 saturated heterocycles. The minimum atomic E-state index is -0.258. The monoisotopic (exact) mass is 195 g/mol. The topological polar surface area (TPSA) is 38.3 Å². The van der Waals surface area contributed by atoms with Crippen LogP contribution in [0.15, 0.2) is 24.4 Å². The van der Waals surface area contributed by atoms with Gasteiger partial charge < -0.3 is 10.1 Å². The second kappa shape index (κ2) is 5.47. The number of hydrogen-bond acceptors (Lipinski definition) is 3. The van der Waals surface area contributed by atoms with Gasteiger partial charge in [-0.3, -0.25) is 0 Å². The van der Waals surface area contributed by atoms with Crippen molar-refractivity contribution in [1.82, 2.24) is 5.32 Å². The second-order valence-electron chi connectivity index (χ2n) is 3.30. The molecule has 1 fully saturated rings. The van der Waals surface area contributed by atoms with Crippen LogP contribution in [0.2, 0.25) is 0 Å². The molecule has 1 rings (SSSR count). The lowest BCUT2D eigenvalue weighted by Gasteiger charge is -2.07. The molecule has 0 aromatic heterocycles. The van der Waals surface area contributed by atoms with Crippen LogP contribution in [0.4, 0.5) is 0 Å². The average Bonchev–Trinajstić information content (AvgIpc) is 2.95. The Morgan fingerprint density at radius 2 is 2.36 bits per heavy atom. The molecule has 0 heterocycles. The van der Waals surface area contributed by atoms with Crippen molar-refractivity contribution >= 4 is 5.97 Å². The summed E-state index contributed by atoms with van der Waals surface area (Å²) >= 11 is 0. The summed E-state index contributed by atoms with van der Waals surface area (Å²) in [5, 5.41) is 3.16. The minimum absolute atomic E-state index is 0.258. The molecule has 0 amide bonds. The summed E-state index contributed by atoms with van der Waals surface area (Å²) in [6.45, 7) is 6.55. The summed E-state index contributed by atoms with van der Waals surface area (Å²) in [5.41, 5.74) is 0.989. The van der Waals surface area contributed by atoms with E-state index in [0.29, 0.717) is 19.1 Å². The number of rotatable bonds is 6. The highest BCUT2D eigenvalue weighted by atomic mass is 16.5. The summed E-state index contributed by atoms with van der Waals surface area (Å²) in [4.78, 5) is 11.2. The Morgan fingerprint density at radius 1 is 1.64 bits per heavy atom. The fourth-order valence-electron chi connectivity index (χ4n) is 1.21. The van der Waals surface area contributed by atoms with Gasteiger partial charge in [0.25, 0.3) is 0 Å². The number of allylic oxidation sites excluding steroid dienone is 1. The molecule has 0 aromatic rings. The zero-order chi connectivity index (χ0) is 10.4. The van der Waals surface area contributed by atoms with Gasteiger partial charge in [0.15, 0.2) is 0 Å². The molecule has 1 aliphatic rings. The summed E-state index contributed by atoms with van der Waals surface area (Å²) in [7, 11) is 0. The van der Waals surface area contributed by atoms with E-state index in [1.165, 1.54) is 0 Å². The maximum absolute atomic E-state index is 11.2. The van der Waals surface area contributed by atoms with E-state index >= 15 is 0 Å². The fourth-order valence-corrected chi connectivity index (χ4v) is 1.21. The first kappa shape index (κ1) is 10.8. The van der Waals surface area contributed by atoms with Gasteiger partial charge in [0, 0.05) is 18.3 Å². The van der Waals surface area contributed by atoms with Gasteiger partial charge in [0.2, 0.25) is 0 Å². The van der Waals surface area contributed by atoms with Crippen LogP contribution in [0, 0.1) is 5.92 Å². The van der Waals surface area contributed by atoms with Crippen LogP contribution in [0.5, 0.6) is 0 Å². The smallest absolute Gasteiger partial charge is 0.332 e. The van der Waals surface area contributed by atoms with Gasteiger partial charge in [0.05, 0.1) is 6.61 Å². The molecule has 0 aromatic carbocycles. The van der Waals surface area contributed by atoms with Crippen molar-refractivity contribution in [2.45, 2.75) is 19.8 Å². The Bertz CT molecular complexity index is 242. The van der Waals surface area contributed by atoms with Crippen LogP contribution in [0.1, 0.15) is 19.8 Å². The third-order valence-electron chi connectivity index (χ3n) is 2.03. The largest absolute Gasteiger partial charge is 0.463 e. The molecule has 1 N–H and O–H groups in total. The molecular weight excluding hydrogens is 178 g/mol. The number of esters is 1. The van der Waals surface area contributed by atoms with Crippen molar-refractivity contribution in [2.75, 3.05) is 13.2 Å². The van der Waals surface area contributed by atoms with Gasteiger partial charge in [-0.05, 0) is 25.7 Å². The van der Waals surface area contributed by atoms with E-state index in [4.69, 9.17) is 4.74 Å². The van der Waals surface area contributed by atoms with E-state index in [9.17, 15) is 4.79 Å². The minimum Gasteiger partial charge on any atom is -0.463 e. The van der Waals surface area contributed by atoms with Crippen LogP contribution in [-0.4, -0.2) is 19.1 Å². The molecule has 14 heavy (non-hydrogen) atoms. The third-order valence-corrected chi connectivity index (χ3v) is 2.03. The summed E-state index contributed by atoms with van der Waals surface area (Å²) < 4.78 is 4.85. The molecule has 0 radical (unpaired) electrons. The van der Waals surface area contributed by atoms with Crippen molar-refractivity contribution in [1.29, 1.82) is 0 Å². The standard InChI is InChI=1S/C11H17NO2/c1-3-7-12-10(9-5-6-9)8-11(13)14-4-2/h3,8-9,12H,1,4-7H2,2H3/b10-8-. The van der Waals surface area contributed by atoms with Gasteiger partial charge in [-0.1, -0.05) is 6.08 Å². The first-order valence-corrected chi connectivity index (χ1v) is 5.01. The molecule has 0 aliphatic heterocycles. The Balaban J connectivity index is 2.47. The number of hydrogen-bond donors (Lipinski definition) is 1. The fraction of sp³-hybridized carbons (Fsp3) is 0.545. The van der Waals surface area contributed by atoms with Crippen LogP contribution >= 0.6 is 0 Å². The first-order chi connectivity index (χ1) is 6.77. The van der Waals surface area contributed by atoms with Gasteiger partial charge in [0.1, 0.15) is 0 Å². The quantitative estimate of drug-likeness (QED) is 0.397. The van der Waals surface area contributed by atoms with Crippen LogP contribution in [0.3, 0.4) is 0 Å². The highest BCUT2D eigenvalue weighted by Crippen LogP contribution is 2.34. The van der Waals surface area contributed by atoms with Gasteiger partial charge in [-0.15, -0.1) is 6.58 Å². The van der Waals surface area contributed by atoms with E-state index < -0.39 is 0 Å². The van der Waals surface area contributed by atoms with E-state index in [1.54, 1.807) is 19.1 Å². The highest BCUT2D eigenvalue weighted by molar-refractivity contribution is 5.82. The predicted octanol–water partition coefficient (Wildman–Crippen LogP) is 1.62. The van der Waals surface area contributed by atoms with E-state index in [2.05, 4.69) is 11.9 Å². The molecule has 1 saturated carbocycles. The zero-order valence-corrected chi connectivity index (χ0v) is 8.58. The zero-order valence-electron chi connectivity index (χ0n) is 8.58. The normalized spacial score (nSPS) is 16.2. The Kier molecular flexibility index (Phi) is 4.23. The molecule has 0 unspecified atom stereocenters. The molecule has 1 aliphatic carbocycles. The SMILES string of the molecule is C=CCN/C(=C\C(=O)OCC)C1CC1. The maximum Gasteiger partial charge on any atom is 0.332 e. The van der Waals surface area contributed by atoms with Crippen molar-refractivity contribution in [2.24, 2.45) is 5.92 Å². The Morgan fingerprint density at radius 3 is 2.86 bits per heavy atom. The average molecular weight is 195 g/mol. The van der Waals surface area contributed by atoms with Gasteiger partial charge >= 0.3 is 5.97 Å². The molecular formula is C11H17NO2. The predicted molar refractivity (Wildman–Crippen MR) is 55.6 cm³/mol. The van der Waals surface area contributed by atoms with E-state index in [-0.39, 0.29) is 5.97 Å². The number of ether oxygens (including phenoxy) is 1. The van der Waals surface area contributed by atoms with Gasteiger partial charge in [-0.25, -0.2) is 4.79 Å². The van der Waals surface area contributed by atoms with Gasteiger partial charge in [-0.2, -0.15) is 0 Å². The van der Waals surface area contributed by atoms with Crippen molar-refractivity contribution in [3.63, 3.8) is 0 Å². The molecule has 3 nitrogen and oxygen atoms in total. The number of carbonyl (C=O) groups is 1. The second-order valence-corrected chi connectivity index (χ2v) is 3.30. The Labute approximate surface area is 84.8 Å². The summed E-state index contributed by atoms with van der Waals surface area (Å²) in [5.74, 6) is 0.269. The van der Waals surface area contributed by atoms with Crippen molar-refractivity contribution in [3.05, 3.63) is 24.4 Å². The Hall–Kier alpha value is -1.25. The molecule has 0 atom stereocenters. The first-order valence-electron chi connectivity index (χ1n) is 5.01. The lowest BCUT2D eigenvalue weighted by atomic mass is 10.2. The highest BCUT2D eigenvalue weighted by Gasteiger charge is 2.26. The molecule has 3 heteroatoms. The van der Waals surface area contributed by atoms with Crippen LogP contribution in [0.25, 0.3) is 0 Å². The van der Waals surface area contributed by atoms with E-state index in [1.807, 2.05) is 0 Å². The van der Waals surface area contributed by atoms with E-state index in [0.717, 1.165) is 18.5 Å². The maximum atomic E-state index is 11.2. The lowest BCUT2D eigenvalue weighted by Crippen LogP contribution is -2.16. The van der Waals surface area contributed by atoms with Crippen LogP contribution < -0.4 is 5.32 Å². The summed E-state index contributed by atoms with van der Waals surface area (Å²) in [6.07, 6.45) is 5.66. The number of carbonyl (C=O) groups excluding carboxylic acids is 1. The molecule has 78 valence electrons. The van der Waals surface area contributed by atoms with Crippen LogP contribution in [-0.2, 0) is 9.53 Å². The molecule has 0 spiro atoms. The lowest BCUT2D eigenvalue weighted by molar-refractivity contribution is -0.137.